The van der Waals surface area contributed by atoms with Crippen molar-refractivity contribution >= 4 is 13.3 Å². The molecule has 10 heavy (non-hydrogen) atoms. The monoisotopic (exact) mass is 165 g/mol. The van der Waals surface area contributed by atoms with E-state index in [9.17, 15) is 9.36 Å². The van der Waals surface area contributed by atoms with E-state index in [2.05, 4.69) is 0 Å². The van der Waals surface area contributed by atoms with Crippen LogP contribution in [0.3, 0.4) is 0 Å². The lowest BCUT2D eigenvalue weighted by Gasteiger charge is -2.08. The lowest BCUT2D eigenvalue weighted by molar-refractivity contribution is -0.115. The number of nitrogens with two attached hydrogens (primary N) is 1. The third-order valence-electron chi connectivity index (χ3n) is 0.845. The van der Waals surface area contributed by atoms with Crippen molar-refractivity contribution in [3.8, 4) is 0 Å². The zero-order chi connectivity index (χ0) is 8.20. The molecule has 0 saturated heterocycles. The fourth-order valence-electron chi connectivity index (χ4n) is 0.602. The topological polar surface area (TPSA) is 69.4 Å². The second-order valence-corrected chi connectivity index (χ2v) is 4.66. The first-order valence-corrected chi connectivity index (χ1v) is 5.23. The van der Waals surface area contributed by atoms with Crippen LogP contribution in [0.15, 0.2) is 0 Å². The fourth-order valence-corrected chi connectivity index (χ4v) is 1.81. The largest absolute Gasteiger partial charge is 0.369 e. The highest BCUT2D eigenvalue weighted by Gasteiger charge is 2.17. The van der Waals surface area contributed by atoms with Crippen LogP contribution in [0.25, 0.3) is 0 Å². The number of primary amides is 1. The SMILES string of the molecule is CCOP(C)(=O)CC(N)=O. The summed E-state index contributed by atoms with van der Waals surface area (Å²) in [4.78, 5) is 10.3. The van der Waals surface area contributed by atoms with Gasteiger partial charge in [0.15, 0.2) is 0 Å². The minimum atomic E-state index is -2.72. The Bertz CT molecular complexity index is 168. The predicted octanol–water partition coefficient (Wildman–Crippen LogP) is 0.416. The van der Waals surface area contributed by atoms with Gasteiger partial charge in [-0.2, -0.15) is 0 Å². The lowest BCUT2D eigenvalue weighted by atomic mass is 10.8. The zero-order valence-electron chi connectivity index (χ0n) is 6.16. The Morgan fingerprint density at radius 1 is 1.70 bits per heavy atom. The van der Waals surface area contributed by atoms with Crippen molar-refractivity contribution < 1.29 is 13.9 Å². The summed E-state index contributed by atoms with van der Waals surface area (Å²) < 4.78 is 15.9. The van der Waals surface area contributed by atoms with Crippen molar-refractivity contribution in [1.29, 1.82) is 0 Å². The highest BCUT2D eigenvalue weighted by molar-refractivity contribution is 7.59. The van der Waals surface area contributed by atoms with Gasteiger partial charge in [-0.1, -0.05) is 0 Å². The minimum Gasteiger partial charge on any atom is -0.369 e. The quantitative estimate of drug-likeness (QED) is 0.613. The standard InChI is InChI=1S/C5H12NO3P/c1-3-9-10(2,8)4-5(6)7/h3-4H2,1-2H3,(H2,6,7). The highest BCUT2D eigenvalue weighted by atomic mass is 31.2. The summed E-state index contributed by atoms with van der Waals surface area (Å²) in [6.07, 6.45) is -0.166. The van der Waals surface area contributed by atoms with Gasteiger partial charge in [-0.3, -0.25) is 9.36 Å². The van der Waals surface area contributed by atoms with Crippen molar-refractivity contribution in [2.75, 3.05) is 19.4 Å². The van der Waals surface area contributed by atoms with Crippen molar-refractivity contribution in [3.63, 3.8) is 0 Å². The van der Waals surface area contributed by atoms with Crippen LogP contribution < -0.4 is 5.73 Å². The van der Waals surface area contributed by atoms with E-state index in [1.807, 2.05) is 0 Å². The number of amides is 1. The summed E-state index contributed by atoms with van der Waals surface area (Å²) in [6, 6.07) is 0. The van der Waals surface area contributed by atoms with Gasteiger partial charge in [0.2, 0.25) is 13.3 Å². The molecule has 0 aromatic rings. The molecule has 0 spiro atoms. The van der Waals surface area contributed by atoms with Crippen molar-refractivity contribution in [2.45, 2.75) is 6.92 Å². The number of carbonyl (C=O) groups is 1. The van der Waals surface area contributed by atoms with Gasteiger partial charge >= 0.3 is 0 Å². The Hall–Kier alpha value is -0.340. The van der Waals surface area contributed by atoms with Crippen LogP contribution in [0, 0.1) is 0 Å². The third-order valence-corrected chi connectivity index (χ3v) is 2.54. The third kappa shape index (κ3) is 4.53. The van der Waals surface area contributed by atoms with E-state index in [0.29, 0.717) is 6.61 Å². The first-order valence-electron chi connectivity index (χ1n) is 2.97. The molecule has 0 aliphatic carbocycles. The molecule has 1 amide bonds. The first-order chi connectivity index (χ1) is 4.48. The number of carbonyl (C=O) groups excluding carboxylic acids is 1. The molecule has 0 heterocycles. The van der Waals surface area contributed by atoms with E-state index in [-0.39, 0.29) is 6.16 Å². The van der Waals surface area contributed by atoms with Crippen molar-refractivity contribution in [3.05, 3.63) is 0 Å². The number of hydrogen-bond acceptors (Lipinski definition) is 3. The summed E-state index contributed by atoms with van der Waals surface area (Å²) in [6.45, 7) is 3.47. The van der Waals surface area contributed by atoms with E-state index < -0.39 is 13.3 Å². The molecule has 5 heteroatoms. The Morgan fingerprint density at radius 3 is 2.50 bits per heavy atom. The van der Waals surface area contributed by atoms with Crippen LogP contribution in [0.2, 0.25) is 0 Å². The molecule has 0 bridgehead atoms. The average molecular weight is 165 g/mol. The van der Waals surface area contributed by atoms with Gasteiger partial charge < -0.3 is 10.3 Å². The Morgan fingerprint density at radius 2 is 2.20 bits per heavy atom. The number of rotatable bonds is 4. The molecule has 60 valence electrons. The molecule has 1 atom stereocenters. The molecule has 0 saturated carbocycles. The van der Waals surface area contributed by atoms with Gasteiger partial charge in [0.05, 0.1) is 6.61 Å². The second-order valence-electron chi connectivity index (χ2n) is 2.06. The molecule has 0 rings (SSSR count). The van der Waals surface area contributed by atoms with Crippen LogP contribution in [-0.4, -0.2) is 25.3 Å². The van der Waals surface area contributed by atoms with Gasteiger partial charge in [-0.15, -0.1) is 0 Å². The Labute approximate surface area is 60.2 Å². The van der Waals surface area contributed by atoms with E-state index in [1.54, 1.807) is 6.92 Å². The summed E-state index contributed by atoms with van der Waals surface area (Å²) in [7, 11) is -2.72. The predicted molar refractivity (Wildman–Crippen MR) is 39.2 cm³/mol. The summed E-state index contributed by atoms with van der Waals surface area (Å²) in [5.41, 5.74) is 4.82. The highest BCUT2D eigenvalue weighted by Crippen LogP contribution is 2.41. The molecule has 0 aromatic heterocycles. The van der Waals surface area contributed by atoms with Gasteiger partial charge in [0.25, 0.3) is 0 Å². The maximum absolute atomic E-state index is 11.1. The molecule has 0 aliphatic heterocycles. The molecular weight excluding hydrogens is 153 g/mol. The molecule has 1 unspecified atom stereocenters. The lowest BCUT2D eigenvalue weighted by Crippen LogP contribution is -2.16. The van der Waals surface area contributed by atoms with Gasteiger partial charge in [0.1, 0.15) is 6.16 Å². The Kier molecular flexibility index (Phi) is 3.61. The minimum absolute atomic E-state index is 0.166. The summed E-state index contributed by atoms with van der Waals surface area (Å²) in [5, 5.41) is 0. The first kappa shape index (κ1) is 9.66. The van der Waals surface area contributed by atoms with Crippen molar-refractivity contribution in [1.82, 2.24) is 0 Å². The molecule has 4 nitrogen and oxygen atoms in total. The molecule has 2 N–H and O–H groups in total. The normalized spacial score (nSPS) is 16.2. The summed E-state index contributed by atoms with van der Waals surface area (Å²) >= 11 is 0. The second kappa shape index (κ2) is 3.74. The van der Waals surface area contributed by atoms with Crippen LogP contribution >= 0.6 is 7.37 Å². The van der Waals surface area contributed by atoms with Crippen LogP contribution in [0.4, 0.5) is 0 Å². The molecule has 0 fully saturated rings. The molecule has 0 radical (unpaired) electrons. The summed E-state index contributed by atoms with van der Waals surface area (Å²) in [5.74, 6) is -0.584. The van der Waals surface area contributed by atoms with Gasteiger partial charge in [-0.05, 0) is 6.92 Å². The van der Waals surface area contributed by atoms with Gasteiger partial charge in [0, 0.05) is 6.66 Å². The Balaban J connectivity index is 3.87. The van der Waals surface area contributed by atoms with Crippen LogP contribution in [-0.2, 0) is 13.9 Å². The molecule has 0 aromatic carbocycles. The van der Waals surface area contributed by atoms with Crippen LogP contribution in [0.5, 0.6) is 0 Å². The van der Waals surface area contributed by atoms with E-state index in [1.165, 1.54) is 6.66 Å². The maximum Gasteiger partial charge on any atom is 0.227 e. The van der Waals surface area contributed by atoms with Gasteiger partial charge in [-0.25, -0.2) is 0 Å². The molecule has 0 aliphatic rings. The van der Waals surface area contributed by atoms with E-state index in [0.717, 1.165) is 0 Å². The maximum atomic E-state index is 11.1. The zero-order valence-corrected chi connectivity index (χ0v) is 7.06. The van der Waals surface area contributed by atoms with E-state index in [4.69, 9.17) is 10.3 Å². The van der Waals surface area contributed by atoms with Crippen LogP contribution in [0.1, 0.15) is 6.92 Å². The average Bonchev–Trinajstić information content (AvgIpc) is 1.59. The fraction of sp³-hybridized carbons (Fsp3) is 0.800. The van der Waals surface area contributed by atoms with Crippen molar-refractivity contribution in [2.24, 2.45) is 5.73 Å². The van der Waals surface area contributed by atoms with E-state index >= 15 is 0 Å². The smallest absolute Gasteiger partial charge is 0.227 e. The number of hydrogen-bond donors (Lipinski definition) is 1. The molecular formula is C5H12NO3P.